The van der Waals surface area contributed by atoms with Crippen LogP contribution in [0.15, 0.2) is 0 Å². The second-order valence-electron chi connectivity index (χ2n) is 0.707. The van der Waals surface area contributed by atoms with Crippen LogP contribution in [0.1, 0.15) is 0 Å². The van der Waals surface area contributed by atoms with Crippen LogP contribution < -0.4 is 11.5 Å². The summed E-state index contributed by atoms with van der Waals surface area (Å²) >= 11 is 0. The molecule has 0 fully saturated rings. The first kappa shape index (κ1) is 46.1. The van der Waals surface area contributed by atoms with E-state index in [4.69, 9.17) is 0 Å². The second kappa shape index (κ2) is 54.6. The average molecular weight is 358 g/mol. The molecule has 0 atom stereocenters. The van der Waals surface area contributed by atoms with Crippen molar-refractivity contribution in [3.63, 3.8) is 0 Å². The van der Waals surface area contributed by atoms with Gasteiger partial charge >= 0.3 is 0 Å². The van der Waals surface area contributed by atoms with Crippen molar-refractivity contribution in [1.29, 1.82) is 0 Å². The molecule has 0 aliphatic heterocycles. The van der Waals surface area contributed by atoms with Gasteiger partial charge < -0.3 is 57.4 Å². The first-order valence-electron chi connectivity index (χ1n) is 1.50. The zero-order chi connectivity index (χ0) is 3.41. The molecule has 0 bridgehead atoms. The third-order valence-electron chi connectivity index (χ3n) is 0.250. The van der Waals surface area contributed by atoms with Gasteiger partial charge in [0.25, 0.3) is 0 Å². The van der Waals surface area contributed by atoms with Gasteiger partial charge in [-0.15, -0.1) is 0 Å². The summed E-state index contributed by atoms with van der Waals surface area (Å²) in [5.41, 5.74) is 7.08. The van der Waals surface area contributed by atoms with Gasteiger partial charge in [-0.25, -0.2) is 0 Å². The fourth-order valence-corrected chi connectivity index (χ4v) is 0. The summed E-state index contributed by atoms with van der Waals surface area (Å²) in [5.74, 6) is 0. The SMILES string of the molecule is [NH3+]CC[NH3+].[O-2].[S-2].[S-2].[S-2].[W]. The predicted molar refractivity (Wildman–Crippen MR) is 38.3 cm³/mol. The molecule has 0 saturated carbocycles. The van der Waals surface area contributed by atoms with Gasteiger partial charge in [0.1, 0.15) is 13.1 Å². The Balaban J connectivity index is -0.00000000450. The summed E-state index contributed by atoms with van der Waals surface area (Å²) < 4.78 is 0. The van der Waals surface area contributed by atoms with E-state index in [1.54, 1.807) is 0 Å². The Labute approximate surface area is 91.2 Å². The molecule has 0 aromatic rings. The Bertz CT molecular complexity index is 21.8. The molecule has 0 aromatic carbocycles. The third kappa shape index (κ3) is 81.4. The Morgan fingerprint density at radius 2 is 0.889 bits per heavy atom. The van der Waals surface area contributed by atoms with Gasteiger partial charge in [-0.3, -0.25) is 0 Å². The van der Waals surface area contributed by atoms with Crippen molar-refractivity contribution in [2.24, 2.45) is 0 Å². The molecule has 0 aromatic heterocycles. The molecule has 0 saturated heterocycles. The zero-order valence-electron chi connectivity index (χ0n) is 4.87. The monoisotopic (exact) mass is 358 g/mol. The molecule has 7 heteroatoms. The number of rotatable bonds is 1. The second-order valence-corrected chi connectivity index (χ2v) is 0.707. The fourth-order valence-electron chi connectivity index (χ4n) is 0. The molecule has 0 heterocycles. The van der Waals surface area contributed by atoms with Crippen molar-refractivity contribution >= 4 is 40.5 Å². The Morgan fingerprint density at radius 1 is 0.778 bits per heavy atom. The van der Waals surface area contributed by atoms with Gasteiger partial charge in [-0.05, 0) is 0 Å². The number of hydrogen-bond acceptors (Lipinski definition) is 0. The van der Waals surface area contributed by atoms with Gasteiger partial charge in [0.05, 0.1) is 0 Å². The predicted octanol–water partition coefficient (Wildman–Crippen LogP) is -2.66. The van der Waals surface area contributed by atoms with Crippen molar-refractivity contribution in [3.8, 4) is 0 Å². The van der Waals surface area contributed by atoms with Crippen LogP contribution in [0.4, 0.5) is 0 Å². The van der Waals surface area contributed by atoms with Crippen LogP contribution in [0, 0.1) is 0 Å². The minimum atomic E-state index is 0. The van der Waals surface area contributed by atoms with Gasteiger partial charge in [-0.1, -0.05) is 0 Å². The maximum atomic E-state index is 3.54. The summed E-state index contributed by atoms with van der Waals surface area (Å²) in [7, 11) is 0. The van der Waals surface area contributed by atoms with Crippen LogP contribution in [0.2, 0.25) is 0 Å². The van der Waals surface area contributed by atoms with E-state index in [0.29, 0.717) is 0 Å². The van der Waals surface area contributed by atoms with Crippen LogP contribution >= 0.6 is 0 Å². The molecular formula is C2H10N2OS3W-6. The number of quaternary nitrogens is 2. The number of hydrogen-bond donors (Lipinski definition) is 2. The van der Waals surface area contributed by atoms with Crippen LogP contribution in [0.25, 0.3) is 0 Å². The molecule has 0 aliphatic carbocycles. The third-order valence-corrected chi connectivity index (χ3v) is 0.250. The van der Waals surface area contributed by atoms with E-state index in [1.807, 2.05) is 0 Å². The summed E-state index contributed by atoms with van der Waals surface area (Å²) in [6.07, 6.45) is 0. The quantitative estimate of drug-likeness (QED) is 0.513. The van der Waals surface area contributed by atoms with E-state index in [-0.39, 0.29) is 67.0 Å². The molecular weight excluding hydrogens is 348 g/mol. The standard InChI is InChI=1S/C2H8N2.O.3S.W/c3-1-2-4;;;;;/h1-4H2;;;;;/q;4*-2;/p+2. The van der Waals surface area contributed by atoms with Gasteiger partial charge in [-0.2, -0.15) is 0 Å². The minimum Gasteiger partial charge on any atom is -2.00 e. The normalized spacial score (nSPS) is 3.33. The van der Waals surface area contributed by atoms with Crippen molar-refractivity contribution in [2.45, 2.75) is 0 Å². The molecule has 64 valence electrons. The summed E-state index contributed by atoms with van der Waals surface area (Å²) in [5, 5.41) is 0. The first-order chi connectivity index (χ1) is 1.91. The van der Waals surface area contributed by atoms with Crippen molar-refractivity contribution in [1.82, 2.24) is 0 Å². The van der Waals surface area contributed by atoms with Gasteiger partial charge in [0.2, 0.25) is 0 Å². The van der Waals surface area contributed by atoms with Gasteiger partial charge in [0.15, 0.2) is 0 Å². The van der Waals surface area contributed by atoms with Crippen LogP contribution in [-0.4, -0.2) is 13.1 Å². The fraction of sp³-hybridized carbons (Fsp3) is 1.00. The smallest absolute Gasteiger partial charge is 0.124 e. The maximum Gasteiger partial charge on any atom is 0.124 e. The molecule has 0 amide bonds. The van der Waals surface area contributed by atoms with Crippen molar-refractivity contribution in [3.05, 3.63) is 0 Å². The molecule has 0 spiro atoms. The van der Waals surface area contributed by atoms with Crippen LogP contribution in [0.5, 0.6) is 0 Å². The van der Waals surface area contributed by atoms with E-state index < -0.39 is 0 Å². The van der Waals surface area contributed by atoms with Crippen LogP contribution in [0.3, 0.4) is 0 Å². The van der Waals surface area contributed by atoms with Crippen LogP contribution in [-0.2, 0) is 67.0 Å². The zero-order valence-corrected chi connectivity index (χ0v) is 10.3. The first-order valence-corrected chi connectivity index (χ1v) is 1.50. The van der Waals surface area contributed by atoms with E-state index >= 15 is 0 Å². The molecule has 3 nitrogen and oxygen atoms in total. The van der Waals surface area contributed by atoms with Crippen molar-refractivity contribution in [2.75, 3.05) is 13.1 Å². The molecule has 0 unspecified atom stereocenters. The summed E-state index contributed by atoms with van der Waals surface area (Å²) in [6, 6.07) is 0. The molecule has 0 rings (SSSR count). The Hall–Kier alpha value is 1.62. The van der Waals surface area contributed by atoms with E-state index in [9.17, 15) is 0 Å². The average Bonchev–Trinajstić information content (AvgIpc) is 1.37. The minimum absolute atomic E-state index is 0. The van der Waals surface area contributed by atoms with E-state index in [2.05, 4.69) is 11.5 Å². The maximum absolute atomic E-state index is 3.54. The molecule has 0 radical (unpaired) electrons. The Kier molecular flexibility index (Phi) is 279. The summed E-state index contributed by atoms with van der Waals surface area (Å²) in [4.78, 5) is 0. The van der Waals surface area contributed by atoms with E-state index in [0.717, 1.165) is 13.1 Å². The molecule has 9 heavy (non-hydrogen) atoms. The topological polar surface area (TPSA) is 83.8 Å². The Morgan fingerprint density at radius 3 is 0.889 bits per heavy atom. The van der Waals surface area contributed by atoms with Crippen molar-refractivity contribution < 1.29 is 38.0 Å². The molecule has 6 N–H and O–H groups in total. The largest absolute Gasteiger partial charge is 2.00 e. The van der Waals surface area contributed by atoms with Gasteiger partial charge in [0, 0.05) is 21.1 Å². The van der Waals surface area contributed by atoms with E-state index in [1.165, 1.54) is 0 Å². The summed E-state index contributed by atoms with van der Waals surface area (Å²) in [6.45, 7) is 1.92. The molecule has 0 aliphatic rings.